The molecule has 0 amide bonds. The lowest BCUT2D eigenvalue weighted by atomic mass is 9.47. The van der Waals surface area contributed by atoms with Gasteiger partial charge in [-0.05, 0) is 97.7 Å². The summed E-state index contributed by atoms with van der Waals surface area (Å²) in [6, 6.07) is 0. The minimum absolute atomic E-state index is 0. The lowest BCUT2D eigenvalue weighted by molar-refractivity contribution is -0.0573. The van der Waals surface area contributed by atoms with Crippen LogP contribution in [0, 0.1) is 46.3 Å². The van der Waals surface area contributed by atoms with Crippen molar-refractivity contribution in [1.29, 1.82) is 0 Å². The maximum Gasteiger partial charge on any atom is 0.0577 e. The van der Waals surface area contributed by atoms with Crippen molar-refractivity contribution in [1.82, 2.24) is 0 Å². The van der Waals surface area contributed by atoms with Gasteiger partial charge in [-0.3, -0.25) is 0 Å². The van der Waals surface area contributed by atoms with E-state index in [0.29, 0.717) is 10.8 Å². The number of fused-ring (bicyclic) bond motifs is 5. The molecule has 3 saturated carbocycles. The van der Waals surface area contributed by atoms with Gasteiger partial charge in [0.1, 0.15) is 0 Å². The van der Waals surface area contributed by atoms with Gasteiger partial charge in [0.2, 0.25) is 0 Å². The van der Waals surface area contributed by atoms with Crippen LogP contribution in [-0.4, -0.2) is 11.2 Å². The molecule has 0 aliphatic heterocycles. The maximum absolute atomic E-state index is 10.2. The van der Waals surface area contributed by atoms with E-state index < -0.39 is 0 Å². The molecule has 0 radical (unpaired) electrons. The molecule has 4 rings (SSSR count). The fourth-order valence-electron chi connectivity index (χ4n) is 8.67. The Hall–Kier alpha value is -0.300. The first kappa shape index (κ1) is 25.3. The van der Waals surface area contributed by atoms with Gasteiger partial charge >= 0.3 is 0 Å². The van der Waals surface area contributed by atoms with Crippen LogP contribution < -0.4 is 0 Å². The first-order valence-corrected chi connectivity index (χ1v) is 14.0. The van der Waals surface area contributed by atoms with Gasteiger partial charge in [0.15, 0.2) is 0 Å². The smallest absolute Gasteiger partial charge is 0.0577 e. The van der Waals surface area contributed by atoms with Gasteiger partial charge in [0.05, 0.1) is 6.10 Å². The Morgan fingerprint density at radius 1 is 1.00 bits per heavy atom. The van der Waals surface area contributed by atoms with E-state index in [1.807, 2.05) is 0 Å². The second-order valence-electron chi connectivity index (χ2n) is 12.9. The third-order valence-electron chi connectivity index (χ3n) is 10.3. The fourth-order valence-corrected chi connectivity index (χ4v) is 8.67. The number of hydrogen-bond donors (Lipinski definition) is 1. The summed E-state index contributed by atoms with van der Waals surface area (Å²) in [5.41, 5.74) is 2.60. The number of hydrogen-bond acceptors (Lipinski definition) is 1. The summed E-state index contributed by atoms with van der Waals surface area (Å²) in [6.07, 6.45) is 18.4. The summed E-state index contributed by atoms with van der Waals surface area (Å²) in [5.74, 6) is 5.46. The number of allylic oxidation sites excluding steroid dienone is 1. The molecule has 4 aliphatic carbocycles. The van der Waals surface area contributed by atoms with Crippen molar-refractivity contribution in [2.24, 2.45) is 46.3 Å². The van der Waals surface area contributed by atoms with Crippen LogP contribution in [0.2, 0.25) is 0 Å². The molecule has 1 N–H and O–H groups in total. The maximum atomic E-state index is 10.2. The zero-order chi connectivity index (χ0) is 22.8. The van der Waals surface area contributed by atoms with Gasteiger partial charge in [0, 0.05) is 4.28 Å². The molecule has 0 heterocycles. The van der Waals surface area contributed by atoms with Crippen molar-refractivity contribution >= 4 is 0 Å². The van der Waals surface area contributed by atoms with E-state index in [1.165, 1.54) is 64.2 Å². The Morgan fingerprint density at radius 3 is 2.39 bits per heavy atom. The Labute approximate surface area is 199 Å². The molecule has 3 fully saturated rings. The zero-order valence-corrected chi connectivity index (χ0v) is 22.1. The minimum atomic E-state index is -0.0766. The first-order chi connectivity index (χ1) is 14.7. The Balaban J connectivity index is 0.00000173. The molecule has 0 aromatic rings. The first-order valence-electron chi connectivity index (χ1n) is 14.0. The van der Waals surface area contributed by atoms with Crippen molar-refractivity contribution in [2.45, 2.75) is 132 Å². The van der Waals surface area contributed by atoms with Crippen LogP contribution in [0.5, 0.6) is 0 Å². The van der Waals surface area contributed by atoms with Crippen LogP contribution in [-0.2, 0) is 0 Å². The summed E-state index contributed by atoms with van der Waals surface area (Å²) < 4.78 is 0. The summed E-state index contributed by atoms with van der Waals surface area (Å²) in [4.78, 5) is 0. The molecular formula is C30H60O. The lowest BCUT2D eigenvalue weighted by Crippen LogP contribution is -2.50. The highest BCUT2D eigenvalue weighted by Gasteiger charge is 2.59. The topological polar surface area (TPSA) is 20.2 Å². The third-order valence-corrected chi connectivity index (χ3v) is 10.3. The molecule has 1 nitrogen and oxygen atoms in total. The van der Waals surface area contributed by atoms with Crippen LogP contribution in [0.4, 0.5) is 0 Å². The lowest BCUT2D eigenvalue weighted by Gasteiger charge is -2.58. The second kappa shape index (κ2) is 10.3. The van der Waals surface area contributed by atoms with Crippen LogP contribution in [0.1, 0.15) is 130 Å². The monoisotopic (exact) mass is 436 g/mol. The molecule has 0 aromatic heterocycles. The highest BCUT2D eigenvalue weighted by Crippen LogP contribution is 2.67. The second-order valence-corrected chi connectivity index (χ2v) is 12.9. The van der Waals surface area contributed by atoms with E-state index in [1.54, 1.807) is 5.57 Å². The molecule has 0 aromatic carbocycles. The normalized spacial score (nSPS) is 42.6. The molecular weight excluding hydrogens is 376 g/mol. The van der Waals surface area contributed by atoms with Crippen molar-refractivity contribution in [3.05, 3.63) is 11.6 Å². The van der Waals surface area contributed by atoms with Crippen LogP contribution >= 0.6 is 0 Å². The SMILES string of the molecule is CC(C)CCC[C@@H](C)C1CCC2[C@@H]3CC=C4C[C@@H](O)CC[C@]4(C)C3CC[C@@]21C.CCC.[HH].[HH].[HH]. The Bertz CT molecular complexity index is 620. The molecule has 1 heteroatoms. The van der Waals surface area contributed by atoms with E-state index >= 15 is 0 Å². The zero-order valence-electron chi connectivity index (χ0n) is 22.1. The van der Waals surface area contributed by atoms with E-state index in [-0.39, 0.29) is 10.4 Å². The summed E-state index contributed by atoms with van der Waals surface area (Å²) in [6.45, 7) is 16.8. The van der Waals surface area contributed by atoms with E-state index in [0.717, 1.165) is 48.3 Å². The Kier molecular flexibility index (Phi) is 8.43. The molecule has 8 atom stereocenters. The van der Waals surface area contributed by atoms with E-state index in [4.69, 9.17) is 0 Å². The van der Waals surface area contributed by atoms with Crippen molar-refractivity contribution in [3.8, 4) is 0 Å². The van der Waals surface area contributed by atoms with Crippen molar-refractivity contribution in [2.75, 3.05) is 0 Å². The van der Waals surface area contributed by atoms with E-state index in [9.17, 15) is 5.11 Å². The molecule has 4 aliphatic rings. The summed E-state index contributed by atoms with van der Waals surface area (Å²) in [7, 11) is 0. The van der Waals surface area contributed by atoms with Crippen LogP contribution in [0.3, 0.4) is 0 Å². The van der Waals surface area contributed by atoms with Crippen molar-refractivity contribution < 1.29 is 9.39 Å². The predicted octanol–water partition coefficient (Wildman–Crippen LogP) is 9.54. The highest BCUT2D eigenvalue weighted by atomic mass is 16.3. The Morgan fingerprint density at radius 2 is 1.71 bits per heavy atom. The van der Waals surface area contributed by atoms with Gasteiger partial charge in [0.25, 0.3) is 0 Å². The molecule has 31 heavy (non-hydrogen) atoms. The number of aliphatic hydroxyl groups is 1. The summed E-state index contributed by atoms with van der Waals surface area (Å²) in [5, 5.41) is 10.2. The highest BCUT2D eigenvalue weighted by molar-refractivity contribution is 5.25. The van der Waals surface area contributed by atoms with Gasteiger partial charge in [-0.25, -0.2) is 0 Å². The van der Waals surface area contributed by atoms with Gasteiger partial charge in [-0.15, -0.1) is 0 Å². The number of aliphatic hydroxyl groups excluding tert-OH is 1. The number of rotatable bonds is 5. The van der Waals surface area contributed by atoms with Gasteiger partial charge < -0.3 is 5.11 Å². The average molecular weight is 437 g/mol. The third kappa shape index (κ3) is 4.97. The average Bonchev–Trinajstić information content (AvgIpc) is 3.06. The largest absolute Gasteiger partial charge is 0.393 e. The predicted molar refractivity (Wildman–Crippen MR) is 141 cm³/mol. The van der Waals surface area contributed by atoms with Crippen LogP contribution in [0.15, 0.2) is 11.6 Å². The quantitative estimate of drug-likeness (QED) is 0.425. The van der Waals surface area contributed by atoms with Crippen LogP contribution in [0.25, 0.3) is 0 Å². The van der Waals surface area contributed by atoms with Gasteiger partial charge in [-0.1, -0.05) is 85.8 Å². The van der Waals surface area contributed by atoms with E-state index in [2.05, 4.69) is 54.5 Å². The molecule has 0 bridgehead atoms. The molecule has 0 saturated heterocycles. The molecule has 0 spiro atoms. The molecule has 3 unspecified atom stereocenters. The van der Waals surface area contributed by atoms with Crippen molar-refractivity contribution in [3.63, 3.8) is 0 Å². The molecule has 186 valence electrons. The van der Waals surface area contributed by atoms with Gasteiger partial charge in [-0.2, -0.15) is 0 Å². The standard InChI is InChI=1S/C27H46O.C3H8.3H2/c1-18(2)7-6-8-19(3)23-11-12-24-22-10-9-20-17-21(28)13-15-26(20,4)25(22)14-16-27(23,24)5;1-3-2;;;/h9,18-19,21-25,28H,6-8,10-17H2,1-5H3;3H2,1-2H3;3*1H/t19-,21+,22+,23?,24?,25?,26+,27-;;;;/m1..../s1. The summed E-state index contributed by atoms with van der Waals surface area (Å²) >= 11 is 0. The fraction of sp³-hybridized carbons (Fsp3) is 0.933. The minimum Gasteiger partial charge on any atom is -0.393 e.